The molecular formula is C13H21N5O. The Balaban J connectivity index is 2.08. The van der Waals surface area contributed by atoms with E-state index in [1.807, 2.05) is 19.0 Å². The second-order valence-corrected chi connectivity index (χ2v) is 4.83. The second kappa shape index (κ2) is 5.86. The maximum absolute atomic E-state index is 11.8. The van der Waals surface area contributed by atoms with Crippen LogP contribution in [0.2, 0.25) is 0 Å². The van der Waals surface area contributed by atoms with Gasteiger partial charge in [0.05, 0.1) is 6.54 Å². The van der Waals surface area contributed by atoms with Gasteiger partial charge in [-0.25, -0.2) is 9.97 Å². The van der Waals surface area contributed by atoms with E-state index in [2.05, 4.69) is 27.5 Å². The lowest BCUT2D eigenvalue weighted by Crippen LogP contribution is -2.37. The van der Waals surface area contributed by atoms with Gasteiger partial charge in [0.15, 0.2) is 0 Å². The Morgan fingerprint density at radius 2 is 2.21 bits per heavy atom. The summed E-state index contributed by atoms with van der Waals surface area (Å²) in [5.41, 5.74) is 1.03. The van der Waals surface area contributed by atoms with Crippen LogP contribution in [0, 0.1) is 0 Å². The maximum atomic E-state index is 11.8. The Morgan fingerprint density at radius 1 is 1.47 bits per heavy atom. The molecular weight excluding hydrogens is 242 g/mol. The van der Waals surface area contributed by atoms with Gasteiger partial charge in [0.25, 0.3) is 0 Å². The first-order valence-electron chi connectivity index (χ1n) is 6.67. The number of hydrogen-bond donors (Lipinski definition) is 2. The van der Waals surface area contributed by atoms with Crippen LogP contribution in [-0.4, -0.2) is 42.6 Å². The minimum Gasteiger partial charge on any atom is -0.373 e. The highest BCUT2D eigenvalue weighted by molar-refractivity contribution is 5.82. The molecule has 2 rings (SSSR count). The number of nitrogens with zero attached hydrogens (tertiary/aromatic N) is 3. The molecule has 1 amide bonds. The van der Waals surface area contributed by atoms with Crippen molar-refractivity contribution < 1.29 is 4.79 Å². The highest BCUT2D eigenvalue weighted by atomic mass is 16.2. The zero-order valence-electron chi connectivity index (χ0n) is 11.7. The minimum atomic E-state index is 0.0525. The van der Waals surface area contributed by atoms with Gasteiger partial charge in [0.2, 0.25) is 5.91 Å². The molecule has 1 aromatic rings. The Bertz CT molecular complexity index is 458. The van der Waals surface area contributed by atoms with E-state index in [1.165, 1.54) is 6.33 Å². The summed E-state index contributed by atoms with van der Waals surface area (Å²) in [4.78, 5) is 22.2. The van der Waals surface area contributed by atoms with E-state index >= 15 is 0 Å². The molecule has 1 aromatic heterocycles. The lowest BCUT2D eigenvalue weighted by Gasteiger charge is -2.21. The Hall–Kier alpha value is -1.85. The van der Waals surface area contributed by atoms with Crippen molar-refractivity contribution in [1.82, 2.24) is 15.3 Å². The van der Waals surface area contributed by atoms with Crippen molar-refractivity contribution in [3.63, 3.8) is 0 Å². The predicted octanol–water partition coefficient (Wildman–Crippen LogP) is 0.795. The fraction of sp³-hybridized carbons (Fsp3) is 0.615. The minimum absolute atomic E-state index is 0.0525. The molecule has 0 aliphatic heterocycles. The summed E-state index contributed by atoms with van der Waals surface area (Å²) in [5, 5.41) is 6.04. The molecule has 2 N–H and O–H groups in total. The molecule has 0 radical (unpaired) electrons. The molecule has 104 valence electrons. The lowest BCUT2D eigenvalue weighted by atomic mass is 10.2. The van der Waals surface area contributed by atoms with E-state index in [1.54, 1.807) is 0 Å². The zero-order valence-corrected chi connectivity index (χ0v) is 11.7. The first-order chi connectivity index (χ1) is 9.15. The summed E-state index contributed by atoms with van der Waals surface area (Å²) in [6.07, 6.45) is 4.55. The van der Waals surface area contributed by atoms with Crippen LogP contribution in [0.4, 0.5) is 11.6 Å². The molecule has 0 atom stereocenters. The Morgan fingerprint density at radius 3 is 2.79 bits per heavy atom. The smallest absolute Gasteiger partial charge is 0.239 e. The van der Waals surface area contributed by atoms with Crippen molar-refractivity contribution in [2.45, 2.75) is 32.2 Å². The van der Waals surface area contributed by atoms with Crippen molar-refractivity contribution in [3.8, 4) is 0 Å². The molecule has 0 bridgehead atoms. The van der Waals surface area contributed by atoms with Crippen LogP contribution in [-0.2, 0) is 11.2 Å². The van der Waals surface area contributed by atoms with E-state index in [-0.39, 0.29) is 5.91 Å². The number of rotatable bonds is 6. The Kier molecular flexibility index (Phi) is 4.19. The first-order valence-corrected chi connectivity index (χ1v) is 6.67. The average Bonchev–Trinajstić information content (AvgIpc) is 3.21. The lowest BCUT2D eigenvalue weighted by molar-refractivity contribution is -0.119. The summed E-state index contributed by atoms with van der Waals surface area (Å²) in [6.45, 7) is 2.38. The van der Waals surface area contributed by atoms with Gasteiger partial charge in [-0.15, -0.1) is 0 Å². The number of carbonyl (C=O) groups excluding carboxylic acids is 1. The summed E-state index contributed by atoms with van der Waals surface area (Å²) in [5.74, 6) is 1.69. The molecule has 0 spiro atoms. The number of aromatic nitrogens is 2. The maximum Gasteiger partial charge on any atom is 0.239 e. The van der Waals surface area contributed by atoms with Crippen molar-refractivity contribution in [1.29, 1.82) is 0 Å². The van der Waals surface area contributed by atoms with Crippen LogP contribution in [0.1, 0.15) is 25.3 Å². The van der Waals surface area contributed by atoms with Gasteiger partial charge in [-0.1, -0.05) is 6.92 Å². The van der Waals surface area contributed by atoms with Crippen LogP contribution in [0.3, 0.4) is 0 Å². The third-order valence-electron chi connectivity index (χ3n) is 3.20. The molecule has 0 unspecified atom stereocenters. The van der Waals surface area contributed by atoms with Gasteiger partial charge < -0.3 is 15.5 Å². The number of likely N-dealkylation sites (N-methyl/N-ethyl adjacent to an activating group) is 1. The van der Waals surface area contributed by atoms with Crippen LogP contribution >= 0.6 is 0 Å². The molecule has 1 saturated carbocycles. The van der Waals surface area contributed by atoms with Gasteiger partial charge in [0, 0.05) is 25.7 Å². The third-order valence-corrected chi connectivity index (χ3v) is 3.20. The fourth-order valence-electron chi connectivity index (χ4n) is 2.06. The number of nitrogens with one attached hydrogen (secondary N) is 2. The van der Waals surface area contributed by atoms with Crippen molar-refractivity contribution >= 4 is 17.5 Å². The van der Waals surface area contributed by atoms with Crippen molar-refractivity contribution in [2.75, 3.05) is 30.9 Å². The number of anilines is 2. The van der Waals surface area contributed by atoms with E-state index in [9.17, 15) is 4.79 Å². The molecule has 1 heterocycles. The SMILES string of the molecule is CCc1c(NC)ncnc1N(C)CC(=O)NC1CC1. The molecule has 19 heavy (non-hydrogen) atoms. The third kappa shape index (κ3) is 3.33. The molecule has 6 nitrogen and oxygen atoms in total. The first kappa shape index (κ1) is 13.6. The van der Waals surface area contributed by atoms with E-state index in [0.717, 1.165) is 36.5 Å². The fourth-order valence-corrected chi connectivity index (χ4v) is 2.06. The second-order valence-electron chi connectivity index (χ2n) is 4.83. The van der Waals surface area contributed by atoms with Crippen molar-refractivity contribution in [3.05, 3.63) is 11.9 Å². The van der Waals surface area contributed by atoms with Gasteiger partial charge in [-0.2, -0.15) is 0 Å². The van der Waals surface area contributed by atoms with Gasteiger partial charge in [0.1, 0.15) is 18.0 Å². The number of amides is 1. The molecule has 0 aromatic carbocycles. The largest absolute Gasteiger partial charge is 0.373 e. The van der Waals surface area contributed by atoms with Crippen LogP contribution in [0.25, 0.3) is 0 Å². The average molecular weight is 263 g/mol. The van der Waals surface area contributed by atoms with E-state index < -0.39 is 0 Å². The van der Waals surface area contributed by atoms with E-state index in [0.29, 0.717) is 12.6 Å². The zero-order chi connectivity index (χ0) is 13.8. The molecule has 0 saturated heterocycles. The monoisotopic (exact) mass is 263 g/mol. The standard InChI is InChI=1S/C13H21N5O/c1-4-10-12(14-2)15-8-16-13(10)18(3)7-11(19)17-9-5-6-9/h8-9H,4-7H2,1-3H3,(H,17,19)(H,14,15,16). The van der Waals surface area contributed by atoms with E-state index in [4.69, 9.17) is 0 Å². The molecule has 1 fully saturated rings. The summed E-state index contributed by atoms with van der Waals surface area (Å²) >= 11 is 0. The highest BCUT2D eigenvalue weighted by Gasteiger charge is 2.24. The van der Waals surface area contributed by atoms with Crippen molar-refractivity contribution in [2.24, 2.45) is 0 Å². The summed E-state index contributed by atoms with van der Waals surface area (Å²) < 4.78 is 0. The van der Waals surface area contributed by atoms with Gasteiger partial charge in [-0.05, 0) is 19.3 Å². The predicted molar refractivity (Wildman–Crippen MR) is 75.4 cm³/mol. The Labute approximate surface area is 113 Å². The molecule has 6 heteroatoms. The number of hydrogen-bond acceptors (Lipinski definition) is 5. The summed E-state index contributed by atoms with van der Waals surface area (Å²) in [7, 11) is 3.72. The van der Waals surface area contributed by atoms with Crippen LogP contribution < -0.4 is 15.5 Å². The van der Waals surface area contributed by atoms with Gasteiger partial charge in [-0.3, -0.25) is 4.79 Å². The molecule has 1 aliphatic rings. The summed E-state index contributed by atoms with van der Waals surface area (Å²) in [6, 6.07) is 0.393. The highest BCUT2D eigenvalue weighted by Crippen LogP contribution is 2.23. The van der Waals surface area contributed by atoms with Gasteiger partial charge >= 0.3 is 0 Å². The quantitative estimate of drug-likeness (QED) is 0.794. The topological polar surface area (TPSA) is 70.2 Å². The number of carbonyl (C=O) groups is 1. The van der Waals surface area contributed by atoms with Crippen LogP contribution in [0.15, 0.2) is 6.33 Å². The van der Waals surface area contributed by atoms with Crippen LogP contribution in [0.5, 0.6) is 0 Å². The molecule has 1 aliphatic carbocycles. The normalized spacial score (nSPS) is 14.1.